The minimum Gasteiger partial charge on any atom is -0.475 e. The number of carbonyl (C=O) groups is 3. The standard InChI is InChI=1S/C20H21F2N3O2.2C2HF3O2/c21-17-2-1-13(7-18(17)22)9-25-10-16-15(12-27-19(16)11-25)8-24-20(26)14-3-5-23-6-4-14;2*3-2(4,5)1(6)7/h1-7,15-16,19H,8-12H2,(H,24,26);2*(H,6,7)/t15-,16+,19+;;/m0../s1. The van der Waals surface area contributed by atoms with E-state index in [-0.39, 0.29) is 17.9 Å². The Labute approximate surface area is 226 Å². The number of carboxylic acid groups (broad SMARTS) is 2. The van der Waals surface area contributed by atoms with Gasteiger partial charge in [-0.25, -0.2) is 18.4 Å². The van der Waals surface area contributed by atoms with Gasteiger partial charge < -0.3 is 20.3 Å². The number of hydrogen-bond donors (Lipinski definition) is 3. The number of hydrogen-bond acceptors (Lipinski definition) is 6. The molecule has 2 fully saturated rings. The Kier molecular flexibility index (Phi) is 11.5. The molecule has 3 atom stereocenters. The number of likely N-dealkylation sites (tertiary alicyclic amines) is 1. The second-order valence-corrected chi connectivity index (χ2v) is 8.79. The molecule has 0 radical (unpaired) electrons. The molecule has 2 aromatic rings. The predicted molar refractivity (Wildman–Crippen MR) is 122 cm³/mol. The third kappa shape index (κ3) is 10.6. The normalized spacial score (nSPS) is 20.1. The Balaban J connectivity index is 0.000000349. The zero-order valence-corrected chi connectivity index (χ0v) is 20.8. The van der Waals surface area contributed by atoms with Gasteiger partial charge in [-0.2, -0.15) is 26.3 Å². The van der Waals surface area contributed by atoms with Crippen LogP contribution < -0.4 is 5.32 Å². The van der Waals surface area contributed by atoms with Crippen LogP contribution in [0.25, 0.3) is 0 Å². The molecule has 0 saturated carbocycles. The molecule has 9 nitrogen and oxygen atoms in total. The summed E-state index contributed by atoms with van der Waals surface area (Å²) in [5.41, 5.74) is 1.34. The maximum atomic E-state index is 13.4. The monoisotopic (exact) mass is 601 g/mol. The molecule has 0 bridgehead atoms. The molecule has 1 aromatic heterocycles. The number of nitrogens with zero attached hydrogens (tertiary/aromatic N) is 2. The lowest BCUT2D eigenvalue weighted by atomic mass is 9.93. The molecule has 2 saturated heterocycles. The SMILES string of the molecule is O=C(NC[C@H]1CO[C@@H]2CN(Cc3ccc(F)c(F)c3)C[C@H]12)c1ccncc1.O=C(O)C(F)(F)F.O=C(O)C(F)(F)F. The Morgan fingerprint density at radius 2 is 1.49 bits per heavy atom. The van der Waals surface area contributed by atoms with Gasteiger partial charge in [0.1, 0.15) is 0 Å². The number of alkyl halides is 6. The number of carbonyl (C=O) groups excluding carboxylic acids is 1. The molecule has 1 aromatic carbocycles. The van der Waals surface area contributed by atoms with Crippen LogP contribution in [0.15, 0.2) is 42.7 Å². The highest BCUT2D eigenvalue weighted by Crippen LogP contribution is 2.34. The number of rotatable bonds is 5. The first kappa shape index (κ1) is 33.3. The molecule has 0 unspecified atom stereocenters. The lowest BCUT2D eigenvalue weighted by Gasteiger charge is -2.20. The van der Waals surface area contributed by atoms with Crippen molar-refractivity contribution in [2.45, 2.75) is 25.0 Å². The fraction of sp³-hybridized carbons (Fsp3) is 0.417. The van der Waals surface area contributed by atoms with E-state index < -0.39 is 35.9 Å². The van der Waals surface area contributed by atoms with Crippen LogP contribution in [0.5, 0.6) is 0 Å². The molecular weight excluding hydrogens is 578 g/mol. The molecule has 226 valence electrons. The van der Waals surface area contributed by atoms with E-state index in [1.54, 1.807) is 30.6 Å². The first-order valence-electron chi connectivity index (χ1n) is 11.5. The topological polar surface area (TPSA) is 129 Å². The van der Waals surface area contributed by atoms with Crippen LogP contribution in [0, 0.1) is 23.5 Å². The molecule has 0 spiro atoms. The molecule has 3 heterocycles. The third-order valence-electron chi connectivity index (χ3n) is 5.86. The van der Waals surface area contributed by atoms with Gasteiger partial charge in [0.2, 0.25) is 0 Å². The second kappa shape index (κ2) is 14.2. The summed E-state index contributed by atoms with van der Waals surface area (Å²) in [5.74, 6) is -6.70. The second-order valence-electron chi connectivity index (χ2n) is 8.79. The summed E-state index contributed by atoms with van der Waals surface area (Å²) in [4.78, 5) is 36.1. The predicted octanol–water partition coefficient (Wildman–Crippen LogP) is 3.50. The summed E-state index contributed by atoms with van der Waals surface area (Å²) in [6.07, 6.45) is -6.86. The molecule has 3 N–H and O–H groups in total. The quantitative estimate of drug-likeness (QED) is 0.445. The van der Waals surface area contributed by atoms with E-state index in [1.165, 1.54) is 6.07 Å². The van der Waals surface area contributed by atoms with Gasteiger partial charge >= 0.3 is 24.3 Å². The average molecular weight is 601 g/mol. The van der Waals surface area contributed by atoms with Gasteiger partial charge in [0, 0.05) is 56.0 Å². The molecule has 0 aliphatic carbocycles. The van der Waals surface area contributed by atoms with Gasteiger partial charge in [-0.15, -0.1) is 0 Å². The van der Waals surface area contributed by atoms with Gasteiger partial charge in [0.05, 0.1) is 12.7 Å². The van der Waals surface area contributed by atoms with Gasteiger partial charge in [-0.1, -0.05) is 6.07 Å². The van der Waals surface area contributed by atoms with Crippen LogP contribution in [0.4, 0.5) is 35.1 Å². The summed E-state index contributed by atoms with van der Waals surface area (Å²) in [6.45, 7) is 3.33. The van der Waals surface area contributed by atoms with Crippen LogP contribution in [-0.4, -0.2) is 82.6 Å². The number of carboxylic acids is 2. The van der Waals surface area contributed by atoms with Crippen LogP contribution in [0.3, 0.4) is 0 Å². The van der Waals surface area contributed by atoms with Crippen molar-refractivity contribution >= 4 is 17.8 Å². The van der Waals surface area contributed by atoms with Crippen molar-refractivity contribution in [3.8, 4) is 0 Å². The van der Waals surface area contributed by atoms with E-state index in [0.29, 0.717) is 31.2 Å². The number of fused-ring (bicyclic) bond motifs is 1. The zero-order valence-electron chi connectivity index (χ0n) is 20.8. The highest BCUT2D eigenvalue weighted by atomic mass is 19.4. The number of aromatic nitrogens is 1. The smallest absolute Gasteiger partial charge is 0.475 e. The van der Waals surface area contributed by atoms with Crippen LogP contribution >= 0.6 is 0 Å². The van der Waals surface area contributed by atoms with Crippen molar-refractivity contribution in [2.24, 2.45) is 11.8 Å². The molecule has 41 heavy (non-hydrogen) atoms. The maximum absolute atomic E-state index is 13.4. The lowest BCUT2D eigenvalue weighted by molar-refractivity contribution is -0.193. The number of benzene rings is 1. The number of aliphatic carboxylic acids is 2. The summed E-state index contributed by atoms with van der Waals surface area (Å²) in [7, 11) is 0. The molecule has 1 amide bonds. The lowest BCUT2D eigenvalue weighted by Crippen LogP contribution is -2.34. The minimum atomic E-state index is -5.08. The molecule has 2 aliphatic heterocycles. The maximum Gasteiger partial charge on any atom is 0.490 e. The molecule has 17 heteroatoms. The minimum absolute atomic E-state index is 0.113. The summed E-state index contributed by atoms with van der Waals surface area (Å²) < 4.78 is 95.9. The number of nitrogens with one attached hydrogen (secondary N) is 1. The molecular formula is C24H23F8N3O6. The summed E-state index contributed by atoms with van der Waals surface area (Å²) in [5, 5.41) is 17.2. The van der Waals surface area contributed by atoms with Crippen molar-refractivity contribution in [3.05, 3.63) is 65.5 Å². The molecule has 4 rings (SSSR count). The van der Waals surface area contributed by atoms with Crippen LogP contribution in [0.2, 0.25) is 0 Å². The van der Waals surface area contributed by atoms with E-state index in [0.717, 1.165) is 24.7 Å². The van der Waals surface area contributed by atoms with Crippen molar-refractivity contribution < 1.29 is 64.5 Å². The third-order valence-corrected chi connectivity index (χ3v) is 5.86. The fourth-order valence-corrected chi connectivity index (χ4v) is 3.94. The van der Waals surface area contributed by atoms with Crippen LogP contribution in [0.1, 0.15) is 15.9 Å². The van der Waals surface area contributed by atoms with E-state index in [2.05, 4.69) is 15.2 Å². The zero-order chi connectivity index (χ0) is 31.0. The van der Waals surface area contributed by atoms with Gasteiger partial charge in [-0.3, -0.25) is 14.7 Å². The number of pyridine rings is 1. The molecule has 2 aliphatic rings. The van der Waals surface area contributed by atoms with Gasteiger partial charge in [0.15, 0.2) is 11.6 Å². The average Bonchev–Trinajstić information content (AvgIpc) is 3.45. The first-order chi connectivity index (χ1) is 19.0. The van der Waals surface area contributed by atoms with Gasteiger partial charge in [-0.05, 0) is 29.8 Å². The van der Waals surface area contributed by atoms with Crippen molar-refractivity contribution in [1.29, 1.82) is 0 Å². The van der Waals surface area contributed by atoms with Crippen molar-refractivity contribution in [2.75, 3.05) is 26.2 Å². The van der Waals surface area contributed by atoms with Crippen LogP contribution in [-0.2, 0) is 20.9 Å². The highest BCUT2D eigenvalue weighted by molar-refractivity contribution is 5.93. The highest BCUT2D eigenvalue weighted by Gasteiger charge is 2.43. The fourth-order valence-electron chi connectivity index (χ4n) is 3.94. The van der Waals surface area contributed by atoms with Crippen molar-refractivity contribution in [1.82, 2.24) is 15.2 Å². The first-order valence-corrected chi connectivity index (χ1v) is 11.5. The Morgan fingerprint density at radius 1 is 0.927 bits per heavy atom. The van der Waals surface area contributed by atoms with Gasteiger partial charge in [0.25, 0.3) is 5.91 Å². The number of amides is 1. The van der Waals surface area contributed by atoms with E-state index in [4.69, 9.17) is 24.5 Å². The summed E-state index contributed by atoms with van der Waals surface area (Å²) >= 11 is 0. The number of ether oxygens (including phenoxy) is 1. The van der Waals surface area contributed by atoms with E-state index >= 15 is 0 Å². The van der Waals surface area contributed by atoms with E-state index in [1.807, 2.05) is 0 Å². The Bertz CT molecular complexity index is 1170. The Hall–Kier alpha value is -3.86. The largest absolute Gasteiger partial charge is 0.490 e. The number of halogens is 8. The Morgan fingerprint density at radius 3 is 2.00 bits per heavy atom. The van der Waals surface area contributed by atoms with E-state index in [9.17, 15) is 39.9 Å². The van der Waals surface area contributed by atoms with Crippen molar-refractivity contribution in [3.63, 3.8) is 0 Å². The summed E-state index contributed by atoms with van der Waals surface area (Å²) in [6, 6.07) is 7.39.